The average molecular weight is 430 g/mol. The largest absolute Gasteiger partial charge is 0.456 e. The lowest BCUT2D eigenvalue weighted by molar-refractivity contribution is 0.146. The smallest absolute Gasteiger partial charge is 0.278 e. The number of fused-ring (bicyclic) bond motifs is 2. The first-order valence-electron chi connectivity index (χ1n) is 8.25. The van der Waals surface area contributed by atoms with Crippen LogP contribution < -0.4 is 10.2 Å². The Labute approximate surface area is 161 Å². The molecule has 0 spiro atoms. The highest BCUT2D eigenvalue weighted by molar-refractivity contribution is 9.10. The SMILES string of the molecule is Cc1cc2[nH]c(C(F)F)cc(=O)c2cc1Oc1ccc2ccccc2c1Br. The molecule has 136 valence electrons. The number of aromatic amines is 1. The van der Waals surface area contributed by atoms with Gasteiger partial charge in [-0.3, -0.25) is 4.79 Å². The molecular weight excluding hydrogens is 416 g/mol. The second kappa shape index (κ2) is 6.78. The number of alkyl halides is 2. The summed E-state index contributed by atoms with van der Waals surface area (Å²) in [5.41, 5.74) is 0.226. The minimum atomic E-state index is -2.73. The number of aryl methyl sites for hydroxylation is 1. The first-order valence-corrected chi connectivity index (χ1v) is 9.04. The van der Waals surface area contributed by atoms with Gasteiger partial charge in [0.05, 0.1) is 15.7 Å². The lowest BCUT2D eigenvalue weighted by atomic mass is 10.1. The molecule has 0 saturated carbocycles. The predicted molar refractivity (Wildman–Crippen MR) is 106 cm³/mol. The zero-order valence-corrected chi connectivity index (χ0v) is 15.8. The van der Waals surface area contributed by atoms with Crippen molar-refractivity contribution in [2.75, 3.05) is 0 Å². The molecule has 0 amide bonds. The third-order valence-electron chi connectivity index (χ3n) is 4.43. The van der Waals surface area contributed by atoms with Crippen molar-refractivity contribution in [3.05, 3.63) is 80.6 Å². The summed E-state index contributed by atoms with van der Waals surface area (Å²) in [6.45, 7) is 1.80. The Morgan fingerprint density at radius 1 is 1.00 bits per heavy atom. The summed E-state index contributed by atoms with van der Waals surface area (Å²) in [6, 6.07) is 15.8. The molecular formula is C21H14BrF2NO2. The van der Waals surface area contributed by atoms with Gasteiger partial charge in [0, 0.05) is 11.5 Å². The molecule has 3 aromatic carbocycles. The molecule has 0 radical (unpaired) electrons. The van der Waals surface area contributed by atoms with Crippen LogP contribution in [0.2, 0.25) is 0 Å². The normalized spacial score (nSPS) is 11.4. The van der Waals surface area contributed by atoms with Crippen molar-refractivity contribution in [3.63, 3.8) is 0 Å². The van der Waals surface area contributed by atoms with Gasteiger partial charge in [0.25, 0.3) is 6.43 Å². The zero-order chi connectivity index (χ0) is 19.1. The molecule has 6 heteroatoms. The number of nitrogens with one attached hydrogen (secondary N) is 1. The molecule has 27 heavy (non-hydrogen) atoms. The molecule has 4 rings (SSSR count). The molecule has 0 aliphatic rings. The van der Waals surface area contributed by atoms with E-state index < -0.39 is 17.5 Å². The van der Waals surface area contributed by atoms with Crippen LogP contribution in [0.5, 0.6) is 11.5 Å². The van der Waals surface area contributed by atoms with Gasteiger partial charge in [-0.05, 0) is 57.4 Å². The first-order chi connectivity index (χ1) is 12.9. The van der Waals surface area contributed by atoms with E-state index in [0.717, 1.165) is 26.9 Å². The van der Waals surface area contributed by atoms with Crippen molar-refractivity contribution >= 4 is 37.6 Å². The van der Waals surface area contributed by atoms with E-state index >= 15 is 0 Å². The van der Waals surface area contributed by atoms with Crippen LogP contribution in [0.15, 0.2) is 63.9 Å². The summed E-state index contributed by atoms with van der Waals surface area (Å²) in [4.78, 5) is 14.9. The van der Waals surface area contributed by atoms with Gasteiger partial charge in [-0.25, -0.2) is 8.78 Å². The van der Waals surface area contributed by atoms with Crippen LogP contribution in [-0.2, 0) is 0 Å². The number of hydrogen-bond acceptors (Lipinski definition) is 2. The second-order valence-electron chi connectivity index (χ2n) is 6.25. The lowest BCUT2D eigenvalue weighted by Crippen LogP contribution is -2.06. The zero-order valence-electron chi connectivity index (χ0n) is 14.2. The van der Waals surface area contributed by atoms with Gasteiger partial charge in [0.2, 0.25) is 0 Å². The standard InChI is InChI=1S/C21H14BrF2NO2/c1-11-8-15-14(17(26)10-16(25-15)21(23)24)9-19(11)27-18-7-6-12-4-2-3-5-13(12)20(18)22/h2-10,21H,1H3,(H,25,26). The molecule has 0 atom stereocenters. The van der Waals surface area contributed by atoms with Gasteiger partial charge in [0.1, 0.15) is 11.5 Å². The van der Waals surface area contributed by atoms with Crippen molar-refractivity contribution < 1.29 is 13.5 Å². The van der Waals surface area contributed by atoms with Crippen LogP contribution in [0.4, 0.5) is 8.78 Å². The Kier molecular flexibility index (Phi) is 4.44. The van der Waals surface area contributed by atoms with Crippen molar-refractivity contribution in [2.24, 2.45) is 0 Å². The molecule has 0 saturated heterocycles. The van der Waals surface area contributed by atoms with Gasteiger partial charge in [-0.1, -0.05) is 30.3 Å². The second-order valence-corrected chi connectivity index (χ2v) is 7.05. The molecule has 1 N–H and O–H groups in total. The Morgan fingerprint density at radius 3 is 2.56 bits per heavy atom. The highest BCUT2D eigenvalue weighted by Crippen LogP contribution is 2.37. The summed E-state index contributed by atoms with van der Waals surface area (Å²) in [5, 5.41) is 2.38. The van der Waals surface area contributed by atoms with Crippen molar-refractivity contribution in [3.8, 4) is 11.5 Å². The maximum absolute atomic E-state index is 12.9. The van der Waals surface area contributed by atoms with Crippen molar-refractivity contribution in [1.29, 1.82) is 0 Å². The number of aromatic nitrogens is 1. The fraction of sp³-hybridized carbons (Fsp3) is 0.0952. The Balaban J connectivity index is 1.82. The number of pyridine rings is 1. The van der Waals surface area contributed by atoms with Gasteiger partial charge in [-0.15, -0.1) is 0 Å². The minimum Gasteiger partial charge on any atom is -0.456 e. The van der Waals surface area contributed by atoms with Crippen LogP contribution in [0, 0.1) is 6.92 Å². The number of hydrogen-bond donors (Lipinski definition) is 1. The Morgan fingerprint density at radius 2 is 1.78 bits per heavy atom. The summed E-state index contributed by atoms with van der Waals surface area (Å²) in [5.74, 6) is 1.10. The van der Waals surface area contributed by atoms with E-state index in [0.29, 0.717) is 22.4 Å². The van der Waals surface area contributed by atoms with Gasteiger partial charge in [-0.2, -0.15) is 0 Å². The summed E-state index contributed by atoms with van der Waals surface area (Å²) >= 11 is 3.58. The number of rotatable bonds is 3. The summed E-state index contributed by atoms with van der Waals surface area (Å²) in [6.07, 6.45) is -2.73. The van der Waals surface area contributed by atoms with Gasteiger partial charge >= 0.3 is 0 Å². The van der Waals surface area contributed by atoms with Crippen LogP contribution >= 0.6 is 15.9 Å². The monoisotopic (exact) mass is 429 g/mol. The highest BCUT2D eigenvalue weighted by Gasteiger charge is 2.14. The lowest BCUT2D eigenvalue weighted by Gasteiger charge is -2.13. The van der Waals surface area contributed by atoms with Gasteiger partial charge in [0.15, 0.2) is 5.43 Å². The van der Waals surface area contributed by atoms with Crippen molar-refractivity contribution in [1.82, 2.24) is 4.98 Å². The van der Waals surface area contributed by atoms with Crippen LogP contribution in [0.3, 0.4) is 0 Å². The molecule has 4 aromatic rings. The molecule has 0 bridgehead atoms. The fourth-order valence-electron chi connectivity index (χ4n) is 3.04. The third kappa shape index (κ3) is 3.21. The van der Waals surface area contributed by atoms with E-state index in [4.69, 9.17) is 4.74 Å². The molecule has 0 aliphatic carbocycles. The maximum Gasteiger partial charge on any atom is 0.278 e. The molecule has 0 fully saturated rings. The molecule has 3 nitrogen and oxygen atoms in total. The quantitative estimate of drug-likeness (QED) is 0.404. The Hall–Kier alpha value is -2.73. The number of ether oxygens (including phenoxy) is 1. The average Bonchev–Trinajstić information content (AvgIpc) is 2.65. The predicted octanol–water partition coefficient (Wildman–Crippen LogP) is 6.48. The van der Waals surface area contributed by atoms with Crippen LogP contribution in [-0.4, -0.2) is 4.98 Å². The van der Waals surface area contributed by atoms with E-state index in [1.165, 1.54) is 0 Å². The van der Waals surface area contributed by atoms with Crippen molar-refractivity contribution in [2.45, 2.75) is 13.3 Å². The summed E-state index contributed by atoms with van der Waals surface area (Å²) < 4.78 is 32.7. The molecule has 1 heterocycles. The highest BCUT2D eigenvalue weighted by atomic mass is 79.9. The Bertz CT molecular complexity index is 1230. The fourth-order valence-corrected chi connectivity index (χ4v) is 3.62. The molecule has 1 aromatic heterocycles. The van der Waals surface area contributed by atoms with E-state index in [2.05, 4.69) is 20.9 Å². The molecule has 0 aliphatic heterocycles. The number of benzene rings is 3. The van der Waals surface area contributed by atoms with Crippen LogP contribution in [0.25, 0.3) is 21.7 Å². The van der Waals surface area contributed by atoms with E-state index in [1.807, 2.05) is 36.4 Å². The molecule has 0 unspecified atom stereocenters. The van der Waals surface area contributed by atoms with Gasteiger partial charge < -0.3 is 9.72 Å². The van der Waals surface area contributed by atoms with E-state index in [-0.39, 0.29) is 0 Å². The van der Waals surface area contributed by atoms with E-state index in [9.17, 15) is 13.6 Å². The third-order valence-corrected chi connectivity index (χ3v) is 5.25. The topological polar surface area (TPSA) is 42.1 Å². The van der Waals surface area contributed by atoms with E-state index in [1.54, 1.807) is 19.1 Å². The maximum atomic E-state index is 12.9. The minimum absolute atomic E-state index is 0.303. The summed E-state index contributed by atoms with van der Waals surface area (Å²) in [7, 11) is 0. The number of halogens is 3. The number of H-pyrrole nitrogens is 1. The van der Waals surface area contributed by atoms with Crippen LogP contribution in [0.1, 0.15) is 17.7 Å². The first kappa shape index (κ1) is 17.7.